The van der Waals surface area contributed by atoms with Gasteiger partial charge in [0.25, 0.3) is 0 Å². The molecule has 1 aliphatic carbocycles. The van der Waals surface area contributed by atoms with Crippen molar-refractivity contribution in [3.8, 4) is 6.07 Å². The number of hydrogen-bond donors (Lipinski definition) is 3. The zero-order chi connectivity index (χ0) is 29.7. The van der Waals surface area contributed by atoms with Gasteiger partial charge in [0.15, 0.2) is 0 Å². The van der Waals surface area contributed by atoms with Crippen LogP contribution < -0.4 is 14.8 Å². The second-order valence-corrected chi connectivity index (χ2v) is 13.2. The number of nitriles is 1. The topological polar surface area (TPSA) is 178 Å². The van der Waals surface area contributed by atoms with Crippen molar-refractivity contribution < 1.29 is 32.3 Å². The first-order valence-corrected chi connectivity index (χ1v) is 15.2. The number of fused-ring (bicyclic) bond motifs is 2. The van der Waals surface area contributed by atoms with Crippen molar-refractivity contribution >= 4 is 34.1 Å². The number of rotatable bonds is 4. The largest absolute Gasteiger partial charge is 0.443 e. The Morgan fingerprint density at radius 3 is 2.62 bits per heavy atom. The lowest BCUT2D eigenvalue weighted by molar-refractivity contribution is -0.142. The summed E-state index contributed by atoms with van der Waals surface area (Å²) >= 11 is 0. The minimum atomic E-state index is -4.53. The van der Waals surface area contributed by atoms with E-state index in [9.17, 15) is 27.6 Å². The Bertz CT molecular complexity index is 1170. The van der Waals surface area contributed by atoms with Crippen LogP contribution >= 0.6 is 0 Å². The number of amides is 5. The normalized spacial score (nSPS) is 28.5. The van der Waals surface area contributed by atoms with Crippen LogP contribution in [0.5, 0.6) is 0 Å². The predicted molar refractivity (Wildman–Crippen MR) is 145 cm³/mol. The molecule has 0 spiro atoms. The molecular weight excluding hydrogens is 540 g/mol. The Morgan fingerprint density at radius 1 is 1.23 bits per heavy atom. The molecule has 14 heteroatoms. The van der Waals surface area contributed by atoms with Crippen LogP contribution in [0.25, 0.3) is 0 Å². The highest BCUT2D eigenvalue weighted by Gasteiger charge is 2.51. The Hall–Kier alpha value is -3.18. The zero-order valence-corrected chi connectivity index (χ0v) is 24.4. The Kier molecular flexibility index (Phi) is 9.84. The van der Waals surface area contributed by atoms with Gasteiger partial charge in [-0.15, -0.1) is 0 Å². The number of ether oxygens (including phenoxy) is 1. The first kappa shape index (κ1) is 31.3. The lowest BCUT2D eigenvalue weighted by Crippen LogP contribution is -2.60. The first-order chi connectivity index (χ1) is 18.7. The van der Waals surface area contributed by atoms with Gasteiger partial charge in [-0.2, -0.15) is 18.4 Å². The highest BCUT2D eigenvalue weighted by molar-refractivity contribution is 7.88. The van der Waals surface area contributed by atoms with Crippen molar-refractivity contribution in [2.75, 3.05) is 13.1 Å². The number of hydrogen-bond acceptors (Lipinski definition) is 8. The molecular formula is C26H40N6O7S. The molecule has 4 atom stereocenters. The average Bonchev–Trinajstić information content (AvgIpc) is 3.23. The molecule has 0 radical (unpaired) electrons. The fourth-order valence-electron chi connectivity index (χ4n) is 5.07. The third kappa shape index (κ3) is 8.17. The van der Waals surface area contributed by atoms with Crippen molar-refractivity contribution in [1.29, 1.82) is 5.26 Å². The summed E-state index contributed by atoms with van der Waals surface area (Å²) in [7, 11) is -4.53. The fraction of sp³-hybridized carbons (Fsp3) is 0.731. The van der Waals surface area contributed by atoms with Gasteiger partial charge in [-0.3, -0.25) is 9.59 Å². The van der Waals surface area contributed by atoms with E-state index in [1.807, 2.05) is 11.6 Å². The number of allylic oxidation sites excluding steroid dienone is 1. The lowest BCUT2D eigenvalue weighted by Gasteiger charge is -2.35. The molecule has 40 heavy (non-hydrogen) atoms. The monoisotopic (exact) mass is 580 g/mol. The summed E-state index contributed by atoms with van der Waals surface area (Å²) in [4.78, 5) is 55.9. The molecule has 2 fully saturated rings. The summed E-state index contributed by atoms with van der Waals surface area (Å²) in [5.41, 5.74) is -1.45. The van der Waals surface area contributed by atoms with Gasteiger partial charge in [0, 0.05) is 18.0 Å². The van der Waals surface area contributed by atoms with Gasteiger partial charge in [-0.25, -0.2) is 19.2 Å². The molecule has 4 unspecified atom stereocenters. The molecule has 2 aliphatic heterocycles. The van der Waals surface area contributed by atoms with Gasteiger partial charge in [0.2, 0.25) is 11.8 Å². The number of nitrogens with zero attached hydrogens (tertiary/aromatic N) is 3. The molecule has 3 N–H and O–H groups in total. The molecule has 1 saturated heterocycles. The molecule has 0 aromatic rings. The maximum atomic E-state index is 14.0. The van der Waals surface area contributed by atoms with Crippen molar-refractivity contribution in [1.82, 2.24) is 24.6 Å². The molecule has 3 aliphatic rings. The Labute approximate surface area is 235 Å². The molecule has 222 valence electrons. The summed E-state index contributed by atoms with van der Waals surface area (Å²) in [6.45, 7) is 6.33. The van der Waals surface area contributed by atoms with E-state index in [0.717, 1.165) is 19.3 Å². The molecule has 0 aromatic heterocycles. The maximum absolute atomic E-state index is 14.0. The van der Waals surface area contributed by atoms with Gasteiger partial charge in [0.05, 0.1) is 12.6 Å². The van der Waals surface area contributed by atoms with Crippen LogP contribution in [0, 0.1) is 17.2 Å². The smallest absolute Gasteiger partial charge is 0.419 e. The van der Waals surface area contributed by atoms with Crippen molar-refractivity contribution in [3.05, 3.63) is 12.2 Å². The summed E-state index contributed by atoms with van der Waals surface area (Å²) in [5, 5.41) is 11.8. The molecule has 1 saturated carbocycles. The van der Waals surface area contributed by atoms with E-state index in [2.05, 4.69) is 17.5 Å². The highest BCUT2D eigenvalue weighted by atomic mass is 32.2. The molecule has 3 rings (SSSR count). The molecule has 2 heterocycles. The number of imide groups is 1. The van der Waals surface area contributed by atoms with Gasteiger partial charge >= 0.3 is 22.3 Å². The molecule has 0 bridgehead atoms. The van der Waals surface area contributed by atoms with Gasteiger partial charge < -0.3 is 15.0 Å². The maximum Gasteiger partial charge on any atom is 0.419 e. The van der Waals surface area contributed by atoms with Crippen LogP contribution in [-0.4, -0.2) is 78.5 Å². The highest BCUT2D eigenvalue weighted by Crippen LogP contribution is 2.44. The molecule has 0 aromatic carbocycles. The van der Waals surface area contributed by atoms with E-state index < -0.39 is 58.0 Å². The Balaban J connectivity index is 1.96. The van der Waals surface area contributed by atoms with Crippen LogP contribution in [0.4, 0.5) is 9.59 Å². The number of carbonyl (C=O) groups excluding carboxylic acids is 4. The quantitative estimate of drug-likeness (QED) is 0.334. The second kappa shape index (κ2) is 12.6. The lowest BCUT2D eigenvalue weighted by atomic mass is 10.0. The molecule has 5 amide bonds. The van der Waals surface area contributed by atoms with Crippen LogP contribution in [0.2, 0.25) is 0 Å². The number of urea groups is 1. The minimum absolute atomic E-state index is 0.0477. The van der Waals surface area contributed by atoms with Crippen LogP contribution in [-0.2, 0) is 24.5 Å². The predicted octanol–water partition coefficient (Wildman–Crippen LogP) is 2.07. The third-order valence-electron chi connectivity index (χ3n) is 7.23. The number of nitrogens with one attached hydrogen (secondary N) is 3. The third-order valence-corrected chi connectivity index (χ3v) is 8.20. The van der Waals surface area contributed by atoms with E-state index >= 15 is 0 Å². The van der Waals surface area contributed by atoms with Crippen molar-refractivity contribution in [3.63, 3.8) is 0 Å². The van der Waals surface area contributed by atoms with Crippen molar-refractivity contribution in [2.45, 2.75) is 102 Å². The molecule has 13 nitrogen and oxygen atoms in total. The van der Waals surface area contributed by atoms with Crippen molar-refractivity contribution in [2.24, 2.45) is 5.92 Å². The SMILES string of the molecule is CC(C)(C)OC(=O)N(C(=O)NS(=O)(=O)NCC#N)C1CCCCC/C=C\C2CC2(C)NC(=O)C2CCCN2C1=O. The van der Waals surface area contributed by atoms with E-state index in [1.165, 1.54) is 4.90 Å². The first-order valence-electron chi connectivity index (χ1n) is 13.7. The average molecular weight is 581 g/mol. The van der Waals surface area contributed by atoms with Crippen LogP contribution in [0.15, 0.2) is 12.2 Å². The standard InChI is InChI=1S/C26H40N6O7S/c1-25(2,3)39-24(36)32(23(35)30-40(37,38)28-15-14-27)20-12-9-7-5-6-8-11-18-17-26(18,4)29-21(33)19-13-10-16-31(19)22(20)34/h8,11,18-20,28H,5-7,9-10,12-13,15-17H2,1-4H3,(H,29,33)(H,30,35)/b11-8-. The summed E-state index contributed by atoms with van der Waals surface area (Å²) < 4.78 is 33.7. The van der Waals surface area contributed by atoms with Gasteiger partial charge in [-0.1, -0.05) is 25.0 Å². The summed E-state index contributed by atoms with van der Waals surface area (Å²) in [6.07, 6.45) is 7.61. The Morgan fingerprint density at radius 2 is 1.95 bits per heavy atom. The van der Waals surface area contributed by atoms with Crippen LogP contribution in [0.3, 0.4) is 0 Å². The summed E-state index contributed by atoms with van der Waals surface area (Å²) in [5.74, 6) is -0.705. The zero-order valence-electron chi connectivity index (χ0n) is 23.6. The van der Waals surface area contributed by atoms with E-state index in [0.29, 0.717) is 30.6 Å². The fourth-order valence-corrected chi connectivity index (χ4v) is 5.73. The van der Waals surface area contributed by atoms with E-state index in [4.69, 9.17) is 10.00 Å². The minimum Gasteiger partial charge on any atom is -0.443 e. The second-order valence-electron chi connectivity index (χ2n) is 11.7. The summed E-state index contributed by atoms with van der Waals surface area (Å²) in [6, 6.07) is -2.01. The van der Waals surface area contributed by atoms with Gasteiger partial charge in [0.1, 0.15) is 17.7 Å². The number of carbonyl (C=O) groups is 4. The van der Waals surface area contributed by atoms with Gasteiger partial charge in [-0.05, 0) is 66.2 Å². The van der Waals surface area contributed by atoms with E-state index in [-0.39, 0.29) is 24.8 Å². The van der Waals surface area contributed by atoms with E-state index in [1.54, 1.807) is 31.6 Å². The van der Waals surface area contributed by atoms with Crippen LogP contribution in [0.1, 0.15) is 79.1 Å².